The Morgan fingerprint density at radius 2 is 1.35 bits per heavy atom. The molecule has 2 rings (SSSR count). The summed E-state index contributed by atoms with van der Waals surface area (Å²) in [6.45, 7) is 10.3. The average molecular weight is 545 g/mol. The highest BCUT2D eigenvalue weighted by molar-refractivity contribution is 7.80. The molecule has 2 fully saturated rings. The first-order valence-corrected chi connectivity index (χ1v) is 13.6. The van der Waals surface area contributed by atoms with Gasteiger partial charge < -0.3 is 20.4 Å². The Morgan fingerprint density at radius 1 is 0.919 bits per heavy atom. The lowest BCUT2D eigenvalue weighted by Crippen LogP contribution is -2.62. The Labute approximate surface area is 229 Å². The fraction of sp³-hybridized carbons (Fsp3) is 0.833. The van der Waals surface area contributed by atoms with E-state index in [2.05, 4.69) is 33.1 Å². The highest BCUT2D eigenvalue weighted by atomic mass is 32.1. The van der Waals surface area contributed by atoms with Crippen LogP contribution in [0.15, 0.2) is 0 Å². The Hall–Kier alpha value is -1.93. The molecule has 0 bridgehead atoms. The number of amides is 4. The molecule has 2 aliphatic rings. The molecule has 0 aromatic rings. The number of piperazine rings is 2. The molecule has 0 aromatic carbocycles. The predicted molar refractivity (Wildman–Crippen MR) is 146 cm³/mol. The number of hydrogen-bond donors (Lipinski definition) is 3. The van der Waals surface area contributed by atoms with Crippen molar-refractivity contribution < 1.29 is 21.9 Å². The molecule has 0 saturated carbocycles. The summed E-state index contributed by atoms with van der Waals surface area (Å²) in [5, 5.41) is 5.85. The lowest BCUT2D eigenvalue weighted by molar-refractivity contribution is -0.129. The number of nitrogens with one attached hydrogen (secondary N) is 2. The second-order valence-electron chi connectivity index (χ2n) is 9.99. The van der Waals surface area contributed by atoms with Crippen LogP contribution in [0.3, 0.4) is 0 Å². The van der Waals surface area contributed by atoms with Gasteiger partial charge in [0, 0.05) is 58.2 Å². The minimum absolute atomic E-state index is 0.121. The third-order valence-electron chi connectivity index (χ3n) is 7.60. The molecule has 37 heavy (non-hydrogen) atoms. The van der Waals surface area contributed by atoms with Gasteiger partial charge in [0.2, 0.25) is 24.6 Å². The zero-order valence-electron chi connectivity index (χ0n) is 24.9. The maximum Gasteiger partial charge on any atom is 0.237 e. The van der Waals surface area contributed by atoms with E-state index >= 15 is 0 Å². The van der Waals surface area contributed by atoms with Gasteiger partial charge in [-0.05, 0) is 34.5 Å². The molecule has 0 aromatic heterocycles. The first-order valence-electron chi connectivity index (χ1n) is 13.9. The van der Waals surface area contributed by atoms with Crippen LogP contribution in [0.4, 0.5) is 0 Å². The van der Waals surface area contributed by atoms with Crippen LogP contribution >= 0.6 is 12.6 Å². The van der Waals surface area contributed by atoms with Gasteiger partial charge in [0.05, 0.1) is 30.8 Å². The van der Waals surface area contributed by atoms with Crippen molar-refractivity contribution in [2.24, 2.45) is 0 Å². The van der Waals surface area contributed by atoms with E-state index in [1.54, 1.807) is 18.9 Å². The normalized spacial score (nSPS) is 23.9. The van der Waals surface area contributed by atoms with Gasteiger partial charge in [-0.15, -0.1) is 0 Å². The first-order chi connectivity index (χ1) is 18.4. The van der Waals surface area contributed by atoms with Gasteiger partial charge in [-0.25, -0.2) is 0 Å². The van der Waals surface area contributed by atoms with Crippen molar-refractivity contribution in [3.05, 3.63) is 0 Å². The zero-order chi connectivity index (χ0) is 29.3. The molecule has 0 aliphatic carbocycles. The van der Waals surface area contributed by atoms with Crippen LogP contribution in [0.1, 0.15) is 23.5 Å². The number of hydrogen-bond acceptors (Lipinski definition) is 9. The fourth-order valence-corrected chi connectivity index (χ4v) is 4.74. The quantitative estimate of drug-likeness (QED) is 0.147. The Morgan fingerprint density at radius 3 is 1.73 bits per heavy atom. The number of nitrogens with zero attached hydrogens (tertiary/aromatic N) is 6. The van der Waals surface area contributed by atoms with Crippen molar-refractivity contribution in [3.63, 3.8) is 0 Å². The third kappa shape index (κ3) is 9.10. The number of likely N-dealkylation sites (N-methyl/N-ethyl adjacent to an activating group) is 2. The molecule has 4 unspecified atom stereocenters. The summed E-state index contributed by atoms with van der Waals surface area (Å²) in [5.74, 6) is 0.146. The second-order valence-corrected chi connectivity index (χ2v) is 10.3. The molecular formula is C24H46N8O4S. The van der Waals surface area contributed by atoms with Gasteiger partial charge in [-0.2, -0.15) is 12.6 Å². The van der Waals surface area contributed by atoms with Crippen LogP contribution in [0.5, 0.6) is 0 Å². The molecular weight excluding hydrogens is 496 g/mol. The van der Waals surface area contributed by atoms with E-state index in [0.717, 1.165) is 6.54 Å². The smallest absolute Gasteiger partial charge is 0.237 e. The van der Waals surface area contributed by atoms with Gasteiger partial charge >= 0.3 is 0 Å². The van der Waals surface area contributed by atoms with Crippen LogP contribution in [0.2, 0.25) is 0 Å². The second kappa shape index (κ2) is 15.5. The van der Waals surface area contributed by atoms with Crippen LogP contribution in [0.25, 0.3) is 0 Å². The lowest BCUT2D eigenvalue weighted by atomic mass is 10.1. The molecule has 2 saturated heterocycles. The van der Waals surface area contributed by atoms with E-state index < -0.39 is 12.8 Å². The van der Waals surface area contributed by atoms with E-state index in [-0.39, 0.29) is 49.1 Å². The molecule has 2 aliphatic heterocycles. The van der Waals surface area contributed by atoms with Crippen LogP contribution in [0, 0.1) is 0 Å². The van der Waals surface area contributed by atoms with Crippen molar-refractivity contribution in [1.29, 1.82) is 0 Å². The summed E-state index contributed by atoms with van der Waals surface area (Å²) in [7, 11) is 3.68. The summed E-state index contributed by atoms with van der Waals surface area (Å²) in [6.07, 6.45) is -1.53. The van der Waals surface area contributed by atoms with Crippen molar-refractivity contribution in [2.75, 3.05) is 85.5 Å². The Balaban J connectivity index is 1.98. The molecule has 0 spiro atoms. The SMILES string of the molecule is [2H]C(=O)N1CCN(CN2CCN(C([2H])=O)C(CNC(=O)C(C)N(C)CS)C2)CC1CNC(=O)C(C)N(C)CC. The molecule has 2 N–H and O–H groups in total. The van der Waals surface area contributed by atoms with Crippen molar-refractivity contribution in [1.82, 2.24) is 40.0 Å². The summed E-state index contributed by atoms with van der Waals surface area (Å²) in [5.41, 5.74) is 0. The topological polar surface area (TPSA) is 112 Å². The van der Waals surface area contributed by atoms with Gasteiger partial charge in [0.25, 0.3) is 0 Å². The van der Waals surface area contributed by atoms with Crippen LogP contribution in [-0.4, -0.2) is 164 Å². The number of carbonyl (C=O) groups excluding carboxylic acids is 4. The maximum absolute atomic E-state index is 12.6. The van der Waals surface area contributed by atoms with E-state index in [9.17, 15) is 19.2 Å². The molecule has 212 valence electrons. The molecule has 12 nitrogen and oxygen atoms in total. The van der Waals surface area contributed by atoms with Gasteiger partial charge in [0.15, 0.2) is 0 Å². The number of carbonyl (C=O) groups is 4. The minimum atomic E-state index is -0.768. The lowest BCUT2D eigenvalue weighted by Gasteiger charge is -2.45. The maximum atomic E-state index is 12.6. The molecule has 4 atom stereocenters. The summed E-state index contributed by atoms with van der Waals surface area (Å²) in [6, 6.07) is -1.35. The first kappa shape index (κ1) is 28.1. The van der Waals surface area contributed by atoms with Gasteiger partial charge in [0.1, 0.15) is 2.74 Å². The Kier molecular flexibility index (Phi) is 11.7. The van der Waals surface area contributed by atoms with E-state index in [1.165, 1.54) is 9.80 Å². The van der Waals surface area contributed by atoms with Crippen LogP contribution < -0.4 is 10.6 Å². The van der Waals surface area contributed by atoms with Crippen molar-refractivity contribution in [3.8, 4) is 0 Å². The van der Waals surface area contributed by atoms with Crippen LogP contribution in [-0.2, 0) is 19.2 Å². The van der Waals surface area contributed by atoms with Gasteiger partial charge in [-0.1, -0.05) is 6.92 Å². The standard InChI is InChI=1S/C24H46N8O4S/c1-6-27(4)19(2)23(35)25-11-21-13-29(7-9-31(21)16-33)15-30-8-10-32(17-34)22(14-30)12-26-24(36)20(3)28(5)18-37/h16-17,19-22,37H,6-15,18H2,1-5H3,(H,25,35)(H,26,36)/i16D,17D. The molecule has 4 amide bonds. The number of thiol groups is 1. The average Bonchev–Trinajstić information content (AvgIpc) is 2.92. The number of rotatable bonds is 12. The van der Waals surface area contributed by atoms with E-state index in [0.29, 0.717) is 51.8 Å². The van der Waals surface area contributed by atoms with Crippen molar-refractivity contribution in [2.45, 2.75) is 44.9 Å². The zero-order valence-corrected chi connectivity index (χ0v) is 23.7. The van der Waals surface area contributed by atoms with Gasteiger partial charge in [-0.3, -0.25) is 38.8 Å². The molecule has 0 radical (unpaired) electrons. The predicted octanol–water partition coefficient (Wildman–Crippen LogP) is -1.99. The fourth-order valence-electron chi connectivity index (χ4n) is 4.50. The largest absolute Gasteiger partial charge is 0.353 e. The summed E-state index contributed by atoms with van der Waals surface area (Å²) in [4.78, 5) is 60.1. The summed E-state index contributed by atoms with van der Waals surface area (Å²) < 4.78 is 15.3. The monoisotopic (exact) mass is 544 g/mol. The minimum Gasteiger partial charge on any atom is -0.353 e. The van der Waals surface area contributed by atoms with Crippen molar-refractivity contribution >= 4 is 37.2 Å². The molecule has 13 heteroatoms. The Bertz CT molecular complexity index is 793. The summed E-state index contributed by atoms with van der Waals surface area (Å²) >= 11 is 4.20. The van der Waals surface area contributed by atoms with E-state index in [4.69, 9.17) is 2.74 Å². The highest BCUT2D eigenvalue weighted by Crippen LogP contribution is 2.13. The third-order valence-corrected chi connectivity index (χ3v) is 8.04. The highest BCUT2D eigenvalue weighted by Gasteiger charge is 2.31. The van der Waals surface area contributed by atoms with E-state index in [1.807, 2.05) is 25.8 Å². The molecule has 2 heterocycles.